The van der Waals surface area contributed by atoms with Crippen molar-refractivity contribution in [2.75, 3.05) is 20.6 Å². The average molecular weight is 386 g/mol. The fourth-order valence-corrected chi connectivity index (χ4v) is 3.19. The molecule has 1 atom stereocenters. The van der Waals surface area contributed by atoms with E-state index in [-0.39, 0.29) is 11.8 Å². The van der Waals surface area contributed by atoms with Crippen molar-refractivity contribution in [2.45, 2.75) is 12.3 Å². The largest absolute Gasteiger partial charge is 0.308 e. The number of carbonyl (C=O) groups excluding carboxylic acids is 1. The molecule has 5 heteroatoms. The minimum absolute atomic E-state index is 0.0594. The fraction of sp³-hybridized carbons (Fsp3) is 0.208. The first-order valence-electron chi connectivity index (χ1n) is 9.64. The number of hydrogen-bond donors (Lipinski definition) is 1. The molecule has 2 aromatic carbocycles. The summed E-state index contributed by atoms with van der Waals surface area (Å²) in [6.45, 7) is 0.792. The Labute approximate surface area is 172 Å². The molecule has 0 radical (unpaired) electrons. The minimum atomic E-state index is -0.241. The third-order valence-corrected chi connectivity index (χ3v) is 4.62. The van der Waals surface area contributed by atoms with Gasteiger partial charge >= 0.3 is 0 Å². The van der Waals surface area contributed by atoms with Crippen molar-refractivity contribution in [3.8, 4) is 0 Å². The van der Waals surface area contributed by atoms with Gasteiger partial charge in [0.15, 0.2) is 0 Å². The zero-order chi connectivity index (χ0) is 20.5. The summed E-state index contributed by atoms with van der Waals surface area (Å²) in [5.74, 6) is -0.182. The Bertz CT molecular complexity index is 925. The highest BCUT2D eigenvalue weighted by Gasteiger charge is 2.20. The van der Waals surface area contributed by atoms with E-state index in [1.807, 2.05) is 50.5 Å². The molecule has 0 aliphatic carbocycles. The molecule has 0 saturated carbocycles. The first-order valence-corrected chi connectivity index (χ1v) is 9.64. The van der Waals surface area contributed by atoms with Gasteiger partial charge in [-0.05, 0) is 37.4 Å². The molecule has 1 N–H and O–H groups in total. The van der Waals surface area contributed by atoms with Crippen LogP contribution in [0.2, 0.25) is 0 Å². The summed E-state index contributed by atoms with van der Waals surface area (Å²) in [6.07, 6.45) is 3.86. The molecule has 0 fully saturated rings. The number of aromatic nitrogens is 1. The molecule has 0 aliphatic heterocycles. The second-order valence-electron chi connectivity index (χ2n) is 7.17. The fourth-order valence-electron chi connectivity index (χ4n) is 3.19. The average Bonchev–Trinajstić information content (AvgIpc) is 2.76. The van der Waals surface area contributed by atoms with Crippen LogP contribution in [0.3, 0.4) is 0 Å². The maximum absolute atomic E-state index is 12.5. The molecule has 0 aliphatic rings. The molecular weight excluding hydrogens is 360 g/mol. The molecule has 29 heavy (non-hydrogen) atoms. The highest BCUT2D eigenvalue weighted by Crippen LogP contribution is 2.21. The molecule has 5 nitrogen and oxygen atoms in total. The number of hydrogen-bond acceptors (Lipinski definition) is 4. The van der Waals surface area contributed by atoms with Gasteiger partial charge in [0.25, 0.3) is 5.91 Å². The van der Waals surface area contributed by atoms with Crippen molar-refractivity contribution in [2.24, 2.45) is 5.10 Å². The van der Waals surface area contributed by atoms with E-state index in [4.69, 9.17) is 0 Å². The van der Waals surface area contributed by atoms with Crippen LogP contribution in [0.4, 0.5) is 0 Å². The van der Waals surface area contributed by atoms with E-state index in [9.17, 15) is 4.79 Å². The number of nitrogens with zero attached hydrogens (tertiary/aromatic N) is 3. The number of hydrazone groups is 1. The Morgan fingerprint density at radius 3 is 2.21 bits per heavy atom. The van der Waals surface area contributed by atoms with Crippen molar-refractivity contribution < 1.29 is 4.79 Å². The van der Waals surface area contributed by atoms with E-state index >= 15 is 0 Å². The molecule has 3 rings (SSSR count). The lowest BCUT2D eigenvalue weighted by Crippen LogP contribution is -2.30. The van der Waals surface area contributed by atoms with Crippen molar-refractivity contribution in [3.05, 3.63) is 102 Å². The van der Waals surface area contributed by atoms with Crippen molar-refractivity contribution in [1.29, 1.82) is 0 Å². The first-order chi connectivity index (χ1) is 14.1. The summed E-state index contributed by atoms with van der Waals surface area (Å²) in [5.41, 5.74) is 6.53. The first kappa shape index (κ1) is 20.4. The number of pyridine rings is 1. The van der Waals surface area contributed by atoms with Crippen LogP contribution in [0.1, 0.15) is 27.4 Å². The zero-order valence-corrected chi connectivity index (χ0v) is 16.8. The Kier molecular flexibility index (Phi) is 7.25. The van der Waals surface area contributed by atoms with E-state index in [1.54, 1.807) is 24.5 Å². The SMILES string of the molecule is CN(C)C[C@@H](/C(Cc1ccccc1)=N\NC(=O)c1ccncc1)c1ccccc1. The van der Waals surface area contributed by atoms with Crippen LogP contribution >= 0.6 is 0 Å². The van der Waals surface area contributed by atoms with Crippen molar-refractivity contribution >= 4 is 11.6 Å². The molecule has 0 bridgehead atoms. The number of benzene rings is 2. The van der Waals surface area contributed by atoms with Crippen LogP contribution in [0.25, 0.3) is 0 Å². The van der Waals surface area contributed by atoms with Crippen LogP contribution in [-0.2, 0) is 6.42 Å². The summed E-state index contributed by atoms with van der Waals surface area (Å²) < 4.78 is 0. The molecule has 0 unspecified atom stereocenters. The van der Waals surface area contributed by atoms with E-state index in [0.717, 1.165) is 17.8 Å². The van der Waals surface area contributed by atoms with Gasteiger partial charge in [-0.25, -0.2) is 5.43 Å². The molecule has 1 heterocycles. The second kappa shape index (κ2) is 10.3. The maximum atomic E-state index is 12.5. The van der Waals surface area contributed by atoms with E-state index in [1.165, 1.54) is 5.56 Å². The van der Waals surface area contributed by atoms with Gasteiger partial charge in [0.1, 0.15) is 0 Å². The van der Waals surface area contributed by atoms with Gasteiger partial charge in [0.05, 0.1) is 5.71 Å². The minimum Gasteiger partial charge on any atom is -0.308 e. The highest BCUT2D eigenvalue weighted by atomic mass is 16.2. The molecule has 148 valence electrons. The van der Waals surface area contributed by atoms with Gasteiger partial charge in [-0.2, -0.15) is 5.10 Å². The number of carbonyl (C=O) groups is 1. The van der Waals surface area contributed by atoms with Crippen molar-refractivity contribution in [1.82, 2.24) is 15.3 Å². The zero-order valence-electron chi connectivity index (χ0n) is 16.8. The molecule has 1 aromatic heterocycles. The quantitative estimate of drug-likeness (QED) is 0.474. The molecule has 1 amide bonds. The molecule has 0 saturated heterocycles. The van der Waals surface area contributed by atoms with Crippen LogP contribution < -0.4 is 5.43 Å². The van der Waals surface area contributed by atoms with E-state index in [0.29, 0.717) is 12.0 Å². The van der Waals surface area contributed by atoms with Gasteiger partial charge in [0, 0.05) is 36.8 Å². The maximum Gasteiger partial charge on any atom is 0.271 e. The Hall–Kier alpha value is -3.31. The normalized spacial score (nSPS) is 12.6. The predicted molar refractivity (Wildman–Crippen MR) is 117 cm³/mol. The summed E-state index contributed by atoms with van der Waals surface area (Å²) in [5, 5.41) is 4.60. The number of rotatable bonds is 8. The van der Waals surface area contributed by atoms with Crippen LogP contribution in [-0.4, -0.2) is 42.1 Å². The number of nitrogens with one attached hydrogen (secondary N) is 1. The molecule has 0 spiro atoms. The third kappa shape index (κ3) is 6.09. The standard InChI is InChI=1S/C24H26N4O/c1-28(2)18-22(20-11-7-4-8-12-20)23(17-19-9-5-3-6-10-19)26-27-24(29)21-13-15-25-16-14-21/h3-16,22H,17-18H2,1-2H3,(H,27,29)/b26-23-/t22-/m1/s1. The lowest BCUT2D eigenvalue weighted by Gasteiger charge is -2.23. The number of likely N-dealkylation sites (N-methyl/N-ethyl adjacent to an activating group) is 1. The van der Waals surface area contributed by atoms with Gasteiger partial charge in [-0.3, -0.25) is 9.78 Å². The highest BCUT2D eigenvalue weighted by molar-refractivity contribution is 5.97. The summed E-state index contributed by atoms with van der Waals surface area (Å²) in [6, 6.07) is 23.9. The lowest BCUT2D eigenvalue weighted by atomic mass is 9.90. The molecular formula is C24H26N4O. The summed E-state index contributed by atoms with van der Waals surface area (Å²) >= 11 is 0. The second-order valence-corrected chi connectivity index (χ2v) is 7.17. The monoisotopic (exact) mass is 386 g/mol. The van der Waals surface area contributed by atoms with Gasteiger partial charge in [-0.15, -0.1) is 0 Å². The molecule has 3 aromatic rings. The smallest absolute Gasteiger partial charge is 0.271 e. The lowest BCUT2D eigenvalue weighted by molar-refractivity contribution is 0.0954. The number of amides is 1. The summed E-state index contributed by atoms with van der Waals surface area (Å²) in [7, 11) is 4.09. The van der Waals surface area contributed by atoms with Crippen LogP contribution in [0.5, 0.6) is 0 Å². The Balaban J connectivity index is 1.92. The summed E-state index contributed by atoms with van der Waals surface area (Å²) in [4.78, 5) is 18.6. The Morgan fingerprint density at radius 1 is 0.966 bits per heavy atom. The van der Waals surface area contributed by atoms with Crippen LogP contribution in [0, 0.1) is 0 Å². The van der Waals surface area contributed by atoms with Crippen molar-refractivity contribution in [3.63, 3.8) is 0 Å². The van der Waals surface area contributed by atoms with Gasteiger partial charge in [-0.1, -0.05) is 60.7 Å². The van der Waals surface area contributed by atoms with E-state index in [2.05, 4.69) is 44.7 Å². The topological polar surface area (TPSA) is 57.6 Å². The third-order valence-electron chi connectivity index (χ3n) is 4.62. The Morgan fingerprint density at radius 2 is 1.59 bits per heavy atom. The van der Waals surface area contributed by atoms with E-state index < -0.39 is 0 Å². The predicted octanol–water partition coefficient (Wildman–Crippen LogP) is 3.76. The van der Waals surface area contributed by atoms with Gasteiger partial charge < -0.3 is 4.90 Å². The van der Waals surface area contributed by atoms with Gasteiger partial charge in [0.2, 0.25) is 0 Å². The van der Waals surface area contributed by atoms with Crippen LogP contribution in [0.15, 0.2) is 90.3 Å².